The Kier molecular flexibility index (Phi) is 3.89. The van der Waals surface area contributed by atoms with Gasteiger partial charge in [-0.3, -0.25) is 9.69 Å². The van der Waals surface area contributed by atoms with E-state index in [-0.39, 0.29) is 12.3 Å². The number of aromatic nitrogens is 4. The predicted octanol–water partition coefficient (Wildman–Crippen LogP) is 2.06. The van der Waals surface area contributed by atoms with Gasteiger partial charge in [0.1, 0.15) is 11.6 Å². The molecule has 1 aromatic carbocycles. The first-order valence-electron chi connectivity index (χ1n) is 10.5. The van der Waals surface area contributed by atoms with E-state index in [1.54, 1.807) is 4.90 Å². The summed E-state index contributed by atoms with van der Waals surface area (Å²) < 4.78 is 0. The minimum Gasteiger partial charge on any atom is -0.383 e. The van der Waals surface area contributed by atoms with Gasteiger partial charge in [-0.25, -0.2) is 15.0 Å². The second-order valence-electron chi connectivity index (χ2n) is 8.38. The molecule has 0 unspecified atom stereocenters. The molecule has 8 nitrogen and oxygen atoms in total. The highest BCUT2D eigenvalue weighted by atomic mass is 16.2. The second kappa shape index (κ2) is 6.63. The lowest BCUT2D eigenvalue weighted by Gasteiger charge is -2.21. The molecule has 3 aromatic rings. The van der Waals surface area contributed by atoms with Crippen LogP contribution in [-0.2, 0) is 30.7 Å². The summed E-state index contributed by atoms with van der Waals surface area (Å²) in [5, 5.41) is 3.41. The number of fused-ring (bicyclic) bond motifs is 2. The Balaban J connectivity index is 1.34. The van der Waals surface area contributed by atoms with Crippen LogP contribution < -0.4 is 16.0 Å². The van der Waals surface area contributed by atoms with Crippen molar-refractivity contribution in [2.24, 2.45) is 0 Å². The van der Waals surface area contributed by atoms with E-state index < -0.39 is 0 Å². The van der Waals surface area contributed by atoms with E-state index in [1.165, 1.54) is 24.0 Å². The van der Waals surface area contributed by atoms with E-state index in [4.69, 9.17) is 10.7 Å². The number of benzene rings is 1. The highest BCUT2D eigenvalue weighted by molar-refractivity contribution is 6.01. The lowest BCUT2D eigenvalue weighted by molar-refractivity contribution is -0.117. The summed E-state index contributed by atoms with van der Waals surface area (Å²) in [7, 11) is 0. The number of aromatic amines is 1. The van der Waals surface area contributed by atoms with Crippen molar-refractivity contribution >= 4 is 17.5 Å². The van der Waals surface area contributed by atoms with Crippen molar-refractivity contribution in [3.8, 4) is 11.6 Å². The van der Waals surface area contributed by atoms with Crippen molar-refractivity contribution in [1.82, 2.24) is 25.3 Å². The molecule has 0 radical (unpaired) electrons. The highest BCUT2D eigenvalue weighted by Gasteiger charge is 2.33. The Bertz CT molecular complexity index is 1160. The molecular weight excluding hydrogens is 378 g/mol. The van der Waals surface area contributed by atoms with Crippen molar-refractivity contribution in [1.29, 1.82) is 0 Å². The fourth-order valence-electron chi connectivity index (χ4n) is 4.38. The van der Waals surface area contributed by atoms with E-state index in [9.17, 15) is 4.79 Å². The Morgan fingerprint density at radius 1 is 1.20 bits per heavy atom. The van der Waals surface area contributed by atoms with Crippen molar-refractivity contribution < 1.29 is 4.79 Å². The van der Waals surface area contributed by atoms with Crippen LogP contribution in [-0.4, -0.2) is 32.4 Å². The summed E-state index contributed by atoms with van der Waals surface area (Å²) in [6.07, 6.45) is 5.50. The molecule has 0 atom stereocenters. The third-order valence-electron chi connectivity index (χ3n) is 6.22. The Morgan fingerprint density at radius 2 is 2.10 bits per heavy atom. The number of carbonyl (C=O) groups is 1. The predicted molar refractivity (Wildman–Crippen MR) is 113 cm³/mol. The monoisotopic (exact) mass is 401 g/mol. The van der Waals surface area contributed by atoms with E-state index >= 15 is 0 Å². The number of nitrogens with two attached hydrogens (primary N) is 1. The molecule has 0 bridgehead atoms. The molecule has 6 rings (SSSR count). The van der Waals surface area contributed by atoms with E-state index in [2.05, 4.69) is 38.5 Å². The quantitative estimate of drug-likeness (QED) is 0.617. The number of hydrogen-bond acceptors (Lipinski definition) is 6. The van der Waals surface area contributed by atoms with Crippen LogP contribution in [0.5, 0.6) is 0 Å². The third-order valence-corrected chi connectivity index (χ3v) is 6.22. The van der Waals surface area contributed by atoms with Crippen molar-refractivity contribution in [3.05, 3.63) is 52.3 Å². The lowest BCUT2D eigenvalue weighted by atomic mass is 9.98. The molecule has 152 valence electrons. The molecule has 4 N–H and O–H groups in total. The molecule has 1 saturated carbocycles. The summed E-state index contributed by atoms with van der Waals surface area (Å²) in [5.74, 6) is 2.55. The summed E-state index contributed by atoms with van der Waals surface area (Å²) in [5.41, 5.74) is 11.8. The highest BCUT2D eigenvalue weighted by Crippen LogP contribution is 2.40. The maximum absolute atomic E-state index is 12.8. The molecule has 1 amide bonds. The van der Waals surface area contributed by atoms with Crippen LogP contribution in [0.2, 0.25) is 0 Å². The fraction of sp³-hybridized carbons (Fsp3) is 0.364. The summed E-state index contributed by atoms with van der Waals surface area (Å²) in [6, 6.07) is 6.47. The largest absolute Gasteiger partial charge is 0.383 e. The molecule has 2 aliphatic heterocycles. The molecule has 3 aliphatic rings. The minimum absolute atomic E-state index is 0.00268. The SMILES string of the molecule is Nc1nc(-c2ncc(C3CC3)[nH]2)nc2c1CC(=O)N2Cc1ccc2c(c1)CNCC2. The van der Waals surface area contributed by atoms with Gasteiger partial charge in [0.05, 0.1) is 13.0 Å². The van der Waals surface area contributed by atoms with Gasteiger partial charge in [-0.05, 0) is 42.5 Å². The molecule has 1 aliphatic carbocycles. The minimum atomic E-state index is -0.00268. The van der Waals surface area contributed by atoms with E-state index in [1.807, 2.05) is 6.20 Å². The number of nitrogens with one attached hydrogen (secondary N) is 2. The van der Waals surface area contributed by atoms with Crippen LogP contribution in [0.4, 0.5) is 11.6 Å². The molecule has 4 heterocycles. The van der Waals surface area contributed by atoms with Gasteiger partial charge in [-0.15, -0.1) is 0 Å². The van der Waals surface area contributed by atoms with Gasteiger partial charge < -0.3 is 16.0 Å². The number of hydrogen-bond donors (Lipinski definition) is 3. The van der Waals surface area contributed by atoms with Crippen LogP contribution >= 0.6 is 0 Å². The van der Waals surface area contributed by atoms with Gasteiger partial charge in [-0.2, -0.15) is 0 Å². The number of nitrogens with zero attached hydrogens (tertiary/aromatic N) is 4. The van der Waals surface area contributed by atoms with Crippen LogP contribution in [0.1, 0.15) is 46.7 Å². The van der Waals surface area contributed by atoms with Crippen LogP contribution in [0.15, 0.2) is 24.4 Å². The summed E-state index contributed by atoms with van der Waals surface area (Å²) in [6.45, 7) is 2.35. The topological polar surface area (TPSA) is 113 Å². The van der Waals surface area contributed by atoms with Gasteiger partial charge in [0.25, 0.3) is 0 Å². The van der Waals surface area contributed by atoms with E-state index in [0.29, 0.717) is 41.3 Å². The van der Waals surface area contributed by atoms with E-state index in [0.717, 1.165) is 30.8 Å². The number of H-pyrrole nitrogens is 1. The molecule has 0 saturated heterocycles. The number of carbonyl (C=O) groups excluding carboxylic acids is 1. The molecule has 30 heavy (non-hydrogen) atoms. The summed E-state index contributed by atoms with van der Waals surface area (Å²) >= 11 is 0. The summed E-state index contributed by atoms with van der Waals surface area (Å²) in [4.78, 5) is 31.4. The molecule has 1 fully saturated rings. The van der Waals surface area contributed by atoms with Crippen molar-refractivity contribution in [3.63, 3.8) is 0 Å². The van der Waals surface area contributed by atoms with Crippen LogP contribution in [0.3, 0.4) is 0 Å². The van der Waals surface area contributed by atoms with Gasteiger partial charge in [0.15, 0.2) is 11.6 Å². The zero-order valence-electron chi connectivity index (χ0n) is 16.6. The van der Waals surface area contributed by atoms with Crippen molar-refractivity contribution in [2.45, 2.75) is 44.7 Å². The number of anilines is 2. The normalized spacial score (nSPS) is 17.9. The average molecular weight is 401 g/mol. The van der Waals surface area contributed by atoms with Gasteiger partial charge in [0.2, 0.25) is 5.91 Å². The standard InChI is InChI=1S/C22H23N7O/c23-19-16-8-18(30)29(11-12-1-2-13-5-6-24-9-15(13)7-12)22(16)28-21(27-19)20-25-10-17(26-20)14-3-4-14/h1-2,7,10,14,24H,3-6,8-9,11H2,(H,25,26)(H2,23,27,28). The van der Waals surface area contributed by atoms with Crippen molar-refractivity contribution in [2.75, 3.05) is 17.2 Å². The Morgan fingerprint density at radius 3 is 2.97 bits per heavy atom. The van der Waals surface area contributed by atoms with Gasteiger partial charge >= 0.3 is 0 Å². The molecule has 2 aromatic heterocycles. The molecule has 0 spiro atoms. The maximum atomic E-state index is 12.8. The zero-order valence-corrected chi connectivity index (χ0v) is 16.6. The number of amides is 1. The first-order chi connectivity index (χ1) is 14.7. The average Bonchev–Trinajstić information content (AvgIpc) is 3.40. The van der Waals surface area contributed by atoms with Gasteiger partial charge in [0, 0.05) is 29.9 Å². The number of imidazole rings is 1. The first kappa shape index (κ1) is 17.6. The molecule has 8 heteroatoms. The second-order valence-corrected chi connectivity index (χ2v) is 8.38. The Labute approximate surface area is 173 Å². The maximum Gasteiger partial charge on any atom is 0.233 e. The third kappa shape index (κ3) is 2.95. The fourth-order valence-corrected chi connectivity index (χ4v) is 4.38. The van der Waals surface area contributed by atoms with Crippen LogP contribution in [0.25, 0.3) is 11.6 Å². The smallest absolute Gasteiger partial charge is 0.233 e. The molecular formula is C22H23N7O. The first-order valence-corrected chi connectivity index (χ1v) is 10.5. The Hall–Kier alpha value is -3.26. The number of rotatable bonds is 4. The lowest BCUT2D eigenvalue weighted by Crippen LogP contribution is -2.27. The van der Waals surface area contributed by atoms with Crippen LogP contribution in [0, 0.1) is 0 Å². The number of nitrogen functional groups attached to an aromatic ring is 1. The van der Waals surface area contributed by atoms with Gasteiger partial charge in [-0.1, -0.05) is 18.2 Å². The zero-order chi connectivity index (χ0) is 20.2.